The molecule has 3 nitrogen and oxygen atoms in total. The third-order valence-corrected chi connectivity index (χ3v) is 3.57. The molecule has 0 fully saturated rings. The molecule has 108 valence electrons. The van der Waals surface area contributed by atoms with Gasteiger partial charge in [0.1, 0.15) is 0 Å². The van der Waals surface area contributed by atoms with Gasteiger partial charge in [0.15, 0.2) is 0 Å². The van der Waals surface area contributed by atoms with Crippen LogP contribution in [0.3, 0.4) is 0 Å². The fourth-order valence-electron chi connectivity index (χ4n) is 2.08. The number of aliphatic hydroxyl groups excluding tert-OH is 1. The molecular formula is C15H30O3. The Kier molecular flexibility index (Phi) is 11.2. The van der Waals surface area contributed by atoms with E-state index in [4.69, 9.17) is 5.11 Å². The maximum Gasteiger partial charge on any atom is 0.308 e. The number of aliphatic carboxylic acids is 1. The zero-order chi connectivity index (χ0) is 13.8. The summed E-state index contributed by atoms with van der Waals surface area (Å²) in [4.78, 5) is 10.6. The maximum atomic E-state index is 10.6. The second-order valence-electron chi connectivity index (χ2n) is 5.31. The second kappa shape index (κ2) is 11.5. The van der Waals surface area contributed by atoms with Crippen LogP contribution in [-0.4, -0.2) is 22.3 Å². The van der Waals surface area contributed by atoms with Crippen molar-refractivity contribution in [3.63, 3.8) is 0 Å². The van der Waals surface area contributed by atoms with Gasteiger partial charge in [0.2, 0.25) is 0 Å². The van der Waals surface area contributed by atoms with Crippen molar-refractivity contribution in [2.24, 2.45) is 5.92 Å². The Balaban J connectivity index is 3.27. The first-order chi connectivity index (χ1) is 8.59. The van der Waals surface area contributed by atoms with Gasteiger partial charge in [-0.3, -0.25) is 4.79 Å². The van der Waals surface area contributed by atoms with E-state index >= 15 is 0 Å². The summed E-state index contributed by atoms with van der Waals surface area (Å²) in [6.07, 6.45) is 11.1. The summed E-state index contributed by atoms with van der Waals surface area (Å²) in [7, 11) is 0. The Labute approximate surface area is 112 Å². The van der Waals surface area contributed by atoms with Gasteiger partial charge in [-0.1, -0.05) is 64.7 Å². The molecule has 0 saturated heterocycles. The Bertz CT molecular complexity index is 204. The standard InChI is InChI=1S/C15H30O3/c1-3-4-5-6-7-8-9-10-11-12-14(16)13(2)15(17)18/h13-14,16H,3-12H2,1-2H3,(H,17,18). The van der Waals surface area contributed by atoms with E-state index in [-0.39, 0.29) is 0 Å². The average molecular weight is 258 g/mol. The van der Waals surface area contributed by atoms with Gasteiger partial charge in [-0.2, -0.15) is 0 Å². The van der Waals surface area contributed by atoms with Gasteiger partial charge >= 0.3 is 5.97 Å². The van der Waals surface area contributed by atoms with Crippen LogP contribution in [0.5, 0.6) is 0 Å². The first kappa shape index (κ1) is 17.4. The SMILES string of the molecule is CCCCCCCCCCCC(O)C(C)C(=O)O. The van der Waals surface area contributed by atoms with Crippen LogP contribution in [-0.2, 0) is 4.79 Å². The molecule has 0 aromatic heterocycles. The molecular weight excluding hydrogens is 228 g/mol. The van der Waals surface area contributed by atoms with E-state index in [2.05, 4.69) is 6.92 Å². The molecule has 0 aliphatic rings. The van der Waals surface area contributed by atoms with E-state index in [0.29, 0.717) is 6.42 Å². The zero-order valence-electron chi connectivity index (χ0n) is 12.0. The molecule has 2 atom stereocenters. The third kappa shape index (κ3) is 9.46. The first-order valence-corrected chi connectivity index (χ1v) is 7.50. The van der Waals surface area contributed by atoms with E-state index in [9.17, 15) is 9.90 Å². The van der Waals surface area contributed by atoms with Crippen LogP contribution in [0.4, 0.5) is 0 Å². The van der Waals surface area contributed by atoms with Gasteiger partial charge in [-0.05, 0) is 13.3 Å². The van der Waals surface area contributed by atoms with Crippen molar-refractivity contribution in [1.29, 1.82) is 0 Å². The van der Waals surface area contributed by atoms with Crippen LogP contribution in [0, 0.1) is 5.92 Å². The van der Waals surface area contributed by atoms with Crippen LogP contribution in [0.25, 0.3) is 0 Å². The summed E-state index contributed by atoms with van der Waals surface area (Å²) < 4.78 is 0. The highest BCUT2D eigenvalue weighted by Gasteiger charge is 2.20. The molecule has 0 aromatic carbocycles. The van der Waals surface area contributed by atoms with Gasteiger partial charge in [0.25, 0.3) is 0 Å². The fraction of sp³-hybridized carbons (Fsp3) is 0.933. The van der Waals surface area contributed by atoms with Crippen molar-refractivity contribution < 1.29 is 15.0 Å². The minimum Gasteiger partial charge on any atom is -0.481 e. The van der Waals surface area contributed by atoms with Gasteiger partial charge < -0.3 is 10.2 Å². The number of rotatable bonds is 12. The number of aliphatic hydroxyl groups is 1. The number of carboxylic acids is 1. The summed E-state index contributed by atoms with van der Waals surface area (Å²) in [5.41, 5.74) is 0. The number of carboxylic acid groups (broad SMARTS) is 1. The monoisotopic (exact) mass is 258 g/mol. The van der Waals surface area contributed by atoms with Crippen LogP contribution in [0.1, 0.15) is 78.1 Å². The third-order valence-electron chi connectivity index (χ3n) is 3.57. The number of hydrogen-bond donors (Lipinski definition) is 2. The van der Waals surface area contributed by atoms with Gasteiger partial charge in [0.05, 0.1) is 12.0 Å². The quantitative estimate of drug-likeness (QED) is 0.520. The smallest absolute Gasteiger partial charge is 0.308 e. The maximum absolute atomic E-state index is 10.6. The highest BCUT2D eigenvalue weighted by Crippen LogP contribution is 2.14. The van der Waals surface area contributed by atoms with E-state index in [1.54, 1.807) is 6.92 Å². The van der Waals surface area contributed by atoms with Crippen LogP contribution in [0.2, 0.25) is 0 Å². The predicted molar refractivity (Wildman–Crippen MR) is 74.7 cm³/mol. The topological polar surface area (TPSA) is 57.5 Å². The molecule has 3 heteroatoms. The molecule has 18 heavy (non-hydrogen) atoms. The normalized spacial score (nSPS) is 14.4. The summed E-state index contributed by atoms with van der Waals surface area (Å²) >= 11 is 0. The van der Waals surface area contributed by atoms with Crippen molar-refractivity contribution >= 4 is 5.97 Å². The first-order valence-electron chi connectivity index (χ1n) is 7.50. The van der Waals surface area contributed by atoms with Gasteiger partial charge in [-0.15, -0.1) is 0 Å². The summed E-state index contributed by atoms with van der Waals surface area (Å²) in [5, 5.41) is 18.3. The van der Waals surface area contributed by atoms with Crippen LogP contribution >= 0.6 is 0 Å². The van der Waals surface area contributed by atoms with Crippen molar-refractivity contribution in [2.75, 3.05) is 0 Å². The van der Waals surface area contributed by atoms with E-state index in [0.717, 1.165) is 12.8 Å². The Morgan fingerprint density at radius 3 is 1.83 bits per heavy atom. The summed E-state index contributed by atoms with van der Waals surface area (Å²) in [5.74, 6) is -1.54. The summed E-state index contributed by atoms with van der Waals surface area (Å²) in [6.45, 7) is 3.80. The Morgan fingerprint density at radius 1 is 0.944 bits per heavy atom. The van der Waals surface area contributed by atoms with Gasteiger partial charge in [-0.25, -0.2) is 0 Å². The lowest BCUT2D eigenvalue weighted by Crippen LogP contribution is -2.25. The van der Waals surface area contributed by atoms with Crippen LogP contribution < -0.4 is 0 Å². The average Bonchev–Trinajstić information content (AvgIpc) is 2.35. The van der Waals surface area contributed by atoms with Crippen molar-refractivity contribution in [1.82, 2.24) is 0 Å². The molecule has 0 radical (unpaired) electrons. The minimum absolute atomic E-state index is 0.614. The molecule has 0 aliphatic carbocycles. The largest absolute Gasteiger partial charge is 0.481 e. The molecule has 0 heterocycles. The van der Waals surface area contributed by atoms with Crippen LogP contribution in [0.15, 0.2) is 0 Å². The molecule has 2 N–H and O–H groups in total. The molecule has 0 saturated carbocycles. The molecule has 0 rings (SSSR count). The van der Waals surface area contributed by atoms with E-state index in [1.807, 2.05) is 0 Å². The number of hydrogen-bond acceptors (Lipinski definition) is 2. The highest BCUT2D eigenvalue weighted by molar-refractivity contribution is 5.70. The van der Waals surface area contributed by atoms with Crippen molar-refractivity contribution in [2.45, 2.75) is 84.2 Å². The Morgan fingerprint density at radius 2 is 1.39 bits per heavy atom. The molecule has 0 spiro atoms. The lowest BCUT2D eigenvalue weighted by Gasteiger charge is -2.14. The predicted octanol–water partition coefficient (Wildman–Crippen LogP) is 3.99. The number of unbranched alkanes of at least 4 members (excludes halogenated alkanes) is 8. The molecule has 0 aromatic rings. The molecule has 2 unspecified atom stereocenters. The minimum atomic E-state index is -0.904. The summed E-state index contributed by atoms with van der Waals surface area (Å²) in [6, 6.07) is 0. The lowest BCUT2D eigenvalue weighted by molar-refractivity contribution is -0.144. The number of carbonyl (C=O) groups is 1. The molecule has 0 aliphatic heterocycles. The van der Waals surface area contributed by atoms with Crippen molar-refractivity contribution in [3.05, 3.63) is 0 Å². The van der Waals surface area contributed by atoms with Crippen molar-refractivity contribution in [3.8, 4) is 0 Å². The lowest BCUT2D eigenvalue weighted by atomic mass is 9.98. The van der Waals surface area contributed by atoms with E-state index in [1.165, 1.54) is 44.9 Å². The van der Waals surface area contributed by atoms with E-state index < -0.39 is 18.0 Å². The Hall–Kier alpha value is -0.570. The van der Waals surface area contributed by atoms with Gasteiger partial charge in [0, 0.05) is 0 Å². The second-order valence-corrected chi connectivity index (χ2v) is 5.31. The zero-order valence-corrected chi connectivity index (χ0v) is 12.0. The highest BCUT2D eigenvalue weighted by atomic mass is 16.4. The molecule has 0 amide bonds. The molecule has 0 bridgehead atoms. The fourth-order valence-corrected chi connectivity index (χ4v) is 2.08.